The molecule has 0 saturated carbocycles. The normalized spacial score (nSPS) is 17.6. The summed E-state index contributed by atoms with van der Waals surface area (Å²) < 4.78 is 61.1. The minimum absolute atomic E-state index is 0.164. The van der Waals surface area contributed by atoms with Crippen LogP contribution in [0.2, 0.25) is 0 Å². The van der Waals surface area contributed by atoms with Gasteiger partial charge in [0.2, 0.25) is 0 Å². The summed E-state index contributed by atoms with van der Waals surface area (Å²) in [4.78, 5) is 30.4. The SMILES string of the molecule is COC(=O)C1=C(C)N(C)C(CCN2CCc3cc(OC)c(OC)cc3C2)=C(C(=O)OC)C1c1ccc(C(F)(F)F)cc1. The predicted molar refractivity (Wildman–Crippen MR) is 149 cm³/mol. The van der Waals surface area contributed by atoms with E-state index in [0.717, 1.165) is 30.7 Å². The molecular weight excluding hydrogens is 553 g/mol. The standard InChI is InChI=1S/C31H35F3N2O6/c1-18-26(29(37)41-5)27(19-7-9-22(10-8-19)31(32,33)34)28(30(38)42-6)23(35(18)2)12-14-36-13-11-20-15-24(39-3)25(40-4)16-21(20)17-36/h7-10,15-16,27H,11-14,17H2,1-6H3. The summed E-state index contributed by atoms with van der Waals surface area (Å²) >= 11 is 0. The highest BCUT2D eigenvalue weighted by molar-refractivity contribution is 5.99. The number of hydrogen-bond donors (Lipinski definition) is 0. The number of rotatable bonds is 8. The van der Waals surface area contributed by atoms with Crippen molar-refractivity contribution in [3.8, 4) is 11.5 Å². The number of ether oxygens (including phenoxy) is 4. The molecule has 0 N–H and O–H groups in total. The molecular formula is C31H35F3N2O6. The molecule has 0 aromatic heterocycles. The zero-order valence-corrected chi connectivity index (χ0v) is 24.6. The molecule has 0 bridgehead atoms. The van der Waals surface area contributed by atoms with Gasteiger partial charge in [-0.25, -0.2) is 9.59 Å². The Balaban J connectivity index is 1.72. The van der Waals surface area contributed by atoms with Gasteiger partial charge in [0.1, 0.15) is 0 Å². The number of carbonyl (C=O) groups excluding carboxylic acids is 2. The van der Waals surface area contributed by atoms with Crippen LogP contribution >= 0.6 is 0 Å². The molecule has 8 nitrogen and oxygen atoms in total. The molecule has 0 fully saturated rings. The molecule has 11 heteroatoms. The fourth-order valence-corrected chi connectivity index (χ4v) is 5.70. The van der Waals surface area contributed by atoms with Gasteiger partial charge in [-0.2, -0.15) is 13.2 Å². The quantitative estimate of drug-likeness (QED) is 0.396. The van der Waals surface area contributed by atoms with Gasteiger partial charge in [-0.05, 0) is 54.3 Å². The van der Waals surface area contributed by atoms with Crippen LogP contribution in [0, 0.1) is 0 Å². The molecule has 0 saturated heterocycles. The van der Waals surface area contributed by atoms with Crippen molar-refractivity contribution in [3.63, 3.8) is 0 Å². The number of hydrogen-bond acceptors (Lipinski definition) is 8. The van der Waals surface area contributed by atoms with E-state index < -0.39 is 29.6 Å². The second-order valence-electron chi connectivity index (χ2n) is 10.2. The number of halogens is 3. The minimum Gasteiger partial charge on any atom is -0.493 e. The van der Waals surface area contributed by atoms with E-state index >= 15 is 0 Å². The average molecular weight is 589 g/mol. The Morgan fingerprint density at radius 3 is 2.02 bits per heavy atom. The predicted octanol–water partition coefficient (Wildman–Crippen LogP) is 5.07. The third-order valence-corrected chi connectivity index (χ3v) is 8.03. The molecule has 2 aliphatic rings. The molecule has 0 radical (unpaired) electrons. The largest absolute Gasteiger partial charge is 0.493 e. The molecule has 1 unspecified atom stereocenters. The summed E-state index contributed by atoms with van der Waals surface area (Å²) in [7, 11) is 7.41. The topological polar surface area (TPSA) is 77.5 Å². The van der Waals surface area contributed by atoms with Gasteiger partial charge in [-0.15, -0.1) is 0 Å². The fourth-order valence-electron chi connectivity index (χ4n) is 5.70. The average Bonchev–Trinajstić information content (AvgIpc) is 2.99. The van der Waals surface area contributed by atoms with Crippen molar-refractivity contribution >= 4 is 11.9 Å². The maximum atomic E-state index is 13.3. The maximum absolute atomic E-state index is 13.3. The molecule has 0 amide bonds. The fraction of sp³-hybridized carbons (Fsp3) is 0.419. The third kappa shape index (κ3) is 5.97. The first-order chi connectivity index (χ1) is 19.9. The van der Waals surface area contributed by atoms with Crippen LogP contribution in [0.3, 0.4) is 0 Å². The van der Waals surface area contributed by atoms with E-state index in [0.29, 0.717) is 48.0 Å². The number of benzene rings is 2. The van der Waals surface area contributed by atoms with Gasteiger partial charge in [0.25, 0.3) is 0 Å². The van der Waals surface area contributed by atoms with Gasteiger partial charge in [0.15, 0.2) is 11.5 Å². The van der Waals surface area contributed by atoms with Crippen LogP contribution < -0.4 is 9.47 Å². The molecule has 4 rings (SSSR count). The van der Waals surface area contributed by atoms with Crippen LogP contribution in [0.25, 0.3) is 0 Å². The number of fused-ring (bicyclic) bond motifs is 1. The van der Waals surface area contributed by atoms with Crippen LogP contribution in [0.15, 0.2) is 58.9 Å². The second kappa shape index (κ2) is 12.5. The van der Waals surface area contributed by atoms with Gasteiger partial charge in [0, 0.05) is 44.5 Å². The highest BCUT2D eigenvalue weighted by Crippen LogP contribution is 2.44. The lowest BCUT2D eigenvalue weighted by molar-refractivity contribution is -0.138. The van der Waals surface area contributed by atoms with E-state index in [-0.39, 0.29) is 11.1 Å². The summed E-state index contributed by atoms with van der Waals surface area (Å²) in [6.07, 6.45) is -3.31. The van der Waals surface area contributed by atoms with Gasteiger partial charge >= 0.3 is 18.1 Å². The molecule has 42 heavy (non-hydrogen) atoms. The molecule has 0 spiro atoms. The Bertz CT molecular complexity index is 1410. The number of alkyl halides is 3. The monoisotopic (exact) mass is 588 g/mol. The Kier molecular flexibility index (Phi) is 9.20. The Morgan fingerprint density at radius 2 is 1.48 bits per heavy atom. The highest BCUT2D eigenvalue weighted by atomic mass is 19.4. The van der Waals surface area contributed by atoms with Crippen molar-refractivity contribution < 1.29 is 41.7 Å². The third-order valence-electron chi connectivity index (χ3n) is 8.03. The van der Waals surface area contributed by atoms with Crippen molar-refractivity contribution in [2.75, 3.05) is 48.6 Å². The Labute approximate surface area is 243 Å². The van der Waals surface area contributed by atoms with Crippen LogP contribution in [0.4, 0.5) is 13.2 Å². The smallest absolute Gasteiger partial charge is 0.416 e. The van der Waals surface area contributed by atoms with Crippen molar-refractivity contribution in [1.29, 1.82) is 0 Å². The van der Waals surface area contributed by atoms with Crippen molar-refractivity contribution in [1.82, 2.24) is 9.80 Å². The summed E-state index contributed by atoms with van der Waals surface area (Å²) in [6, 6.07) is 8.44. The van der Waals surface area contributed by atoms with Crippen LogP contribution in [-0.2, 0) is 38.2 Å². The lowest BCUT2D eigenvalue weighted by Gasteiger charge is -2.38. The molecule has 226 valence electrons. The maximum Gasteiger partial charge on any atom is 0.416 e. The minimum atomic E-state index is -4.53. The molecule has 2 aromatic rings. The lowest BCUT2D eigenvalue weighted by Crippen LogP contribution is -2.37. The zero-order chi connectivity index (χ0) is 30.8. The molecule has 2 aliphatic heterocycles. The van der Waals surface area contributed by atoms with Crippen molar-refractivity contribution in [2.45, 2.75) is 38.4 Å². The van der Waals surface area contributed by atoms with E-state index in [1.807, 2.05) is 12.1 Å². The van der Waals surface area contributed by atoms with Gasteiger partial charge < -0.3 is 23.8 Å². The number of esters is 2. The Morgan fingerprint density at radius 1 is 0.905 bits per heavy atom. The number of nitrogens with zero attached hydrogens (tertiary/aromatic N) is 2. The number of carbonyl (C=O) groups is 2. The summed E-state index contributed by atoms with van der Waals surface area (Å²) in [5.74, 6) is -0.994. The lowest BCUT2D eigenvalue weighted by atomic mass is 9.79. The van der Waals surface area contributed by atoms with Gasteiger partial charge in [-0.1, -0.05) is 12.1 Å². The number of methoxy groups -OCH3 is 4. The van der Waals surface area contributed by atoms with E-state index in [2.05, 4.69) is 4.90 Å². The molecule has 2 aromatic carbocycles. The molecule has 2 heterocycles. The van der Waals surface area contributed by atoms with Crippen LogP contribution in [-0.4, -0.2) is 70.3 Å². The van der Waals surface area contributed by atoms with E-state index in [1.54, 1.807) is 33.1 Å². The Hall–Kier alpha value is -3.99. The first-order valence-electron chi connectivity index (χ1n) is 13.4. The summed E-state index contributed by atoms with van der Waals surface area (Å²) in [5.41, 5.74) is 3.32. The first-order valence-corrected chi connectivity index (χ1v) is 13.4. The molecule has 0 aliphatic carbocycles. The highest BCUT2D eigenvalue weighted by Gasteiger charge is 2.41. The van der Waals surface area contributed by atoms with Crippen LogP contribution in [0.5, 0.6) is 11.5 Å². The summed E-state index contributed by atoms with van der Waals surface area (Å²) in [5, 5.41) is 0. The second-order valence-corrected chi connectivity index (χ2v) is 10.2. The van der Waals surface area contributed by atoms with Gasteiger partial charge in [-0.3, -0.25) is 4.90 Å². The number of allylic oxidation sites excluding steroid dienone is 1. The van der Waals surface area contributed by atoms with E-state index in [9.17, 15) is 22.8 Å². The first kappa shape index (κ1) is 31.0. The van der Waals surface area contributed by atoms with Crippen molar-refractivity contribution in [3.05, 3.63) is 81.2 Å². The van der Waals surface area contributed by atoms with E-state index in [4.69, 9.17) is 18.9 Å². The summed E-state index contributed by atoms with van der Waals surface area (Å²) in [6.45, 7) is 3.74. The molecule has 1 atom stereocenters. The van der Waals surface area contributed by atoms with E-state index in [1.165, 1.54) is 31.9 Å². The van der Waals surface area contributed by atoms with Gasteiger partial charge in [0.05, 0.1) is 51.1 Å². The zero-order valence-electron chi connectivity index (χ0n) is 24.6. The van der Waals surface area contributed by atoms with Crippen molar-refractivity contribution in [2.24, 2.45) is 0 Å². The van der Waals surface area contributed by atoms with Crippen LogP contribution in [0.1, 0.15) is 41.5 Å².